The fourth-order valence-corrected chi connectivity index (χ4v) is 1.83. The Kier molecular flexibility index (Phi) is 4.28. The summed E-state index contributed by atoms with van der Waals surface area (Å²) >= 11 is 3.37. The van der Waals surface area contributed by atoms with Crippen molar-refractivity contribution >= 4 is 15.9 Å². The minimum atomic E-state index is -0.662. The summed E-state index contributed by atoms with van der Waals surface area (Å²) in [5, 5.41) is 17.8. The lowest BCUT2D eigenvalue weighted by Gasteiger charge is -2.09. The van der Waals surface area contributed by atoms with Crippen LogP contribution in [0.15, 0.2) is 40.9 Å². The van der Waals surface area contributed by atoms with E-state index in [1.165, 1.54) is 7.11 Å². The molecule has 1 aromatic heterocycles. The first-order valence-corrected chi connectivity index (χ1v) is 6.28. The van der Waals surface area contributed by atoms with Crippen molar-refractivity contribution in [2.75, 3.05) is 7.11 Å². The van der Waals surface area contributed by atoms with Crippen LogP contribution in [0.2, 0.25) is 0 Å². The number of methoxy groups -OCH3 is 1. The number of rotatable bonds is 4. The summed E-state index contributed by atoms with van der Waals surface area (Å²) in [7, 11) is 1.53. The molecule has 0 fully saturated rings. The molecule has 18 heavy (non-hydrogen) atoms. The van der Waals surface area contributed by atoms with Gasteiger partial charge in [0.1, 0.15) is 6.10 Å². The summed E-state index contributed by atoms with van der Waals surface area (Å²) in [6.45, 7) is 0. The molecule has 0 amide bonds. The molecule has 5 heteroatoms. The van der Waals surface area contributed by atoms with Crippen molar-refractivity contribution in [1.29, 1.82) is 0 Å². The highest BCUT2D eigenvalue weighted by molar-refractivity contribution is 9.10. The molecule has 0 aliphatic rings. The average Bonchev–Trinajstić information content (AvgIpc) is 2.41. The van der Waals surface area contributed by atoms with E-state index in [2.05, 4.69) is 26.1 Å². The van der Waals surface area contributed by atoms with Gasteiger partial charge in [-0.1, -0.05) is 28.1 Å². The van der Waals surface area contributed by atoms with E-state index in [-0.39, 0.29) is 0 Å². The molecule has 0 spiro atoms. The molecule has 2 aromatic rings. The number of nitrogens with zero attached hydrogens (tertiary/aromatic N) is 2. The minimum Gasteiger partial charge on any atom is -0.480 e. The fourth-order valence-electron chi connectivity index (χ4n) is 1.57. The summed E-state index contributed by atoms with van der Waals surface area (Å²) in [5.41, 5.74) is 1.59. The Balaban J connectivity index is 2.06. The zero-order valence-electron chi connectivity index (χ0n) is 9.88. The highest BCUT2D eigenvalue weighted by Crippen LogP contribution is 2.18. The first-order chi connectivity index (χ1) is 8.69. The number of ether oxygens (including phenoxy) is 1. The molecule has 1 heterocycles. The number of hydrogen-bond donors (Lipinski definition) is 1. The first-order valence-electron chi connectivity index (χ1n) is 5.49. The van der Waals surface area contributed by atoms with Crippen molar-refractivity contribution < 1.29 is 9.84 Å². The smallest absolute Gasteiger partial charge is 0.233 e. The summed E-state index contributed by atoms with van der Waals surface area (Å²) in [6, 6.07) is 11.2. The third-order valence-corrected chi connectivity index (χ3v) is 3.08. The van der Waals surface area contributed by atoms with E-state index in [0.717, 1.165) is 10.0 Å². The predicted octanol–water partition coefficient (Wildman–Crippen LogP) is 2.52. The van der Waals surface area contributed by atoms with Gasteiger partial charge < -0.3 is 9.84 Å². The van der Waals surface area contributed by atoms with Gasteiger partial charge >= 0.3 is 0 Å². The number of aliphatic hydroxyl groups excluding tert-OH is 1. The lowest BCUT2D eigenvalue weighted by atomic mass is 10.1. The van der Waals surface area contributed by atoms with Gasteiger partial charge in [-0.3, -0.25) is 0 Å². The van der Waals surface area contributed by atoms with Gasteiger partial charge in [-0.05, 0) is 23.8 Å². The Morgan fingerprint density at radius 3 is 2.44 bits per heavy atom. The summed E-state index contributed by atoms with van der Waals surface area (Å²) in [4.78, 5) is 0. The molecule has 94 valence electrons. The van der Waals surface area contributed by atoms with Gasteiger partial charge in [-0.2, -0.15) is 0 Å². The molecule has 1 atom stereocenters. The molecule has 1 aromatic carbocycles. The van der Waals surface area contributed by atoms with Gasteiger partial charge in [-0.25, -0.2) is 0 Å². The molecule has 0 radical (unpaired) electrons. The number of aromatic nitrogens is 2. The van der Waals surface area contributed by atoms with Crippen LogP contribution >= 0.6 is 15.9 Å². The van der Waals surface area contributed by atoms with Gasteiger partial charge in [0.15, 0.2) is 0 Å². The Labute approximate surface area is 114 Å². The number of aliphatic hydroxyl groups is 1. The van der Waals surface area contributed by atoms with Crippen LogP contribution in [-0.4, -0.2) is 22.4 Å². The lowest BCUT2D eigenvalue weighted by Crippen LogP contribution is -2.05. The summed E-state index contributed by atoms with van der Waals surface area (Å²) in [5.74, 6) is 0.439. The molecule has 0 aliphatic heterocycles. The summed E-state index contributed by atoms with van der Waals surface area (Å²) in [6.07, 6.45) is -0.154. The van der Waals surface area contributed by atoms with Crippen molar-refractivity contribution in [3.8, 4) is 5.88 Å². The van der Waals surface area contributed by atoms with Crippen molar-refractivity contribution in [2.24, 2.45) is 0 Å². The monoisotopic (exact) mass is 308 g/mol. The van der Waals surface area contributed by atoms with Crippen LogP contribution in [0.4, 0.5) is 0 Å². The van der Waals surface area contributed by atoms with Crippen LogP contribution in [0.25, 0.3) is 0 Å². The maximum atomic E-state index is 10.1. The average molecular weight is 309 g/mol. The standard InChI is InChI=1S/C13H13BrN2O2/c1-18-13-7-6-11(15-16-13)12(17)8-9-2-4-10(14)5-3-9/h2-7,12,17H,8H2,1H3. The van der Waals surface area contributed by atoms with Crippen LogP contribution in [-0.2, 0) is 6.42 Å². The van der Waals surface area contributed by atoms with Gasteiger partial charge in [0.05, 0.1) is 12.8 Å². The zero-order chi connectivity index (χ0) is 13.0. The third kappa shape index (κ3) is 3.27. The van der Waals surface area contributed by atoms with E-state index < -0.39 is 6.10 Å². The molecule has 0 saturated carbocycles. The molecule has 1 unspecified atom stereocenters. The molecule has 0 aliphatic carbocycles. The van der Waals surface area contributed by atoms with Crippen molar-refractivity contribution in [3.63, 3.8) is 0 Å². The second-order valence-electron chi connectivity index (χ2n) is 3.85. The molecule has 4 nitrogen and oxygen atoms in total. The highest BCUT2D eigenvalue weighted by atomic mass is 79.9. The lowest BCUT2D eigenvalue weighted by molar-refractivity contribution is 0.172. The number of hydrogen-bond acceptors (Lipinski definition) is 4. The maximum absolute atomic E-state index is 10.1. The SMILES string of the molecule is COc1ccc(C(O)Cc2ccc(Br)cc2)nn1. The topological polar surface area (TPSA) is 55.2 Å². The Hall–Kier alpha value is -1.46. The van der Waals surface area contributed by atoms with Crippen molar-refractivity contribution in [2.45, 2.75) is 12.5 Å². The van der Waals surface area contributed by atoms with E-state index in [9.17, 15) is 5.11 Å². The van der Waals surface area contributed by atoms with Crippen LogP contribution in [0.3, 0.4) is 0 Å². The number of halogens is 1. The predicted molar refractivity (Wildman–Crippen MR) is 71.4 cm³/mol. The van der Waals surface area contributed by atoms with E-state index in [0.29, 0.717) is 18.0 Å². The van der Waals surface area contributed by atoms with Gasteiger partial charge in [0.25, 0.3) is 0 Å². The van der Waals surface area contributed by atoms with E-state index >= 15 is 0 Å². The summed E-state index contributed by atoms with van der Waals surface area (Å²) < 4.78 is 5.94. The Morgan fingerprint density at radius 2 is 1.89 bits per heavy atom. The second-order valence-corrected chi connectivity index (χ2v) is 4.76. The normalized spacial score (nSPS) is 12.2. The largest absolute Gasteiger partial charge is 0.480 e. The van der Waals surface area contributed by atoms with Crippen LogP contribution in [0.5, 0.6) is 5.88 Å². The quantitative estimate of drug-likeness (QED) is 0.943. The van der Waals surface area contributed by atoms with Crippen molar-refractivity contribution in [1.82, 2.24) is 10.2 Å². The zero-order valence-corrected chi connectivity index (χ0v) is 11.5. The van der Waals surface area contributed by atoms with E-state index in [4.69, 9.17) is 4.74 Å². The Bertz CT molecular complexity index is 499. The Morgan fingerprint density at radius 1 is 1.17 bits per heavy atom. The van der Waals surface area contributed by atoms with Crippen molar-refractivity contribution in [3.05, 3.63) is 52.1 Å². The van der Waals surface area contributed by atoms with Gasteiger partial charge in [0.2, 0.25) is 5.88 Å². The molecular weight excluding hydrogens is 296 g/mol. The fraction of sp³-hybridized carbons (Fsp3) is 0.231. The first kappa shape index (κ1) is 13.0. The van der Waals surface area contributed by atoms with Gasteiger partial charge in [0, 0.05) is 17.0 Å². The number of benzene rings is 1. The molecular formula is C13H13BrN2O2. The van der Waals surface area contributed by atoms with E-state index in [1.807, 2.05) is 24.3 Å². The maximum Gasteiger partial charge on any atom is 0.233 e. The van der Waals surface area contributed by atoms with Crippen LogP contribution in [0, 0.1) is 0 Å². The van der Waals surface area contributed by atoms with Gasteiger partial charge in [-0.15, -0.1) is 10.2 Å². The molecule has 0 saturated heterocycles. The van der Waals surface area contributed by atoms with E-state index in [1.54, 1.807) is 12.1 Å². The third-order valence-electron chi connectivity index (χ3n) is 2.55. The minimum absolute atomic E-state index is 0.439. The highest BCUT2D eigenvalue weighted by Gasteiger charge is 2.11. The van der Waals surface area contributed by atoms with Crippen LogP contribution < -0.4 is 4.74 Å². The van der Waals surface area contributed by atoms with Crippen LogP contribution in [0.1, 0.15) is 17.4 Å². The molecule has 1 N–H and O–H groups in total. The second kappa shape index (κ2) is 5.93. The molecule has 2 rings (SSSR count). The molecule has 0 bridgehead atoms.